The molecule has 5 heteroatoms. The summed E-state index contributed by atoms with van der Waals surface area (Å²) >= 11 is 0. The van der Waals surface area contributed by atoms with Crippen molar-refractivity contribution >= 4 is 5.97 Å². The van der Waals surface area contributed by atoms with Gasteiger partial charge in [0.25, 0.3) is 0 Å². The number of hydrogen-bond acceptors (Lipinski definition) is 3. The maximum absolute atomic E-state index is 14.1. The third-order valence-electron chi connectivity index (χ3n) is 3.72. The van der Waals surface area contributed by atoms with Gasteiger partial charge >= 0.3 is 5.97 Å². The normalized spacial score (nSPS) is 20.1. The predicted octanol–water partition coefficient (Wildman–Crippen LogP) is 2.53. The lowest BCUT2D eigenvalue weighted by Gasteiger charge is -2.26. The number of hydrogen-bond donors (Lipinski definition) is 1. The summed E-state index contributed by atoms with van der Waals surface area (Å²) in [4.78, 5) is 13.1. The van der Waals surface area contributed by atoms with E-state index in [0.717, 1.165) is 19.3 Å². The van der Waals surface area contributed by atoms with Gasteiger partial charge in [-0.2, -0.15) is 5.26 Å². The first-order valence-corrected chi connectivity index (χ1v) is 6.78. The number of benzene rings is 1. The molecular weight excluding hydrogens is 259 g/mol. The van der Waals surface area contributed by atoms with E-state index in [4.69, 9.17) is 5.26 Å². The van der Waals surface area contributed by atoms with E-state index in [2.05, 4.69) is 0 Å². The van der Waals surface area contributed by atoms with Crippen LogP contribution in [0.1, 0.15) is 36.8 Å². The number of halogens is 1. The second kappa shape index (κ2) is 6.49. The Morgan fingerprint density at radius 2 is 2.25 bits per heavy atom. The van der Waals surface area contributed by atoms with Gasteiger partial charge in [-0.05, 0) is 25.5 Å². The topological polar surface area (TPSA) is 64.3 Å². The summed E-state index contributed by atoms with van der Waals surface area (Å²) in [5, 5.41) is 18.1. The van der Waals surface area contributed by atoms with Crippen LogP contribution >= 0.6 is 0 Å². The van der Waals surface area contributed by atoms with Crippen molar-refractivity contribution in [2.24, 2.45) is 0 Å². The highest BCUT2D eigenvalue weighted by Gasteiger charge is 2.27. The van der Waals surface area contributed by atoms with Gasteiger partial charge in [0.05, 0.1) is 5.56 Å². The molecular formula is C15H17FN2O2. The van der Waals surface area contributed by atoms with Crippen molar-refractivity contribution in [3.05, 3.63) is 35.1 Å². The van der Waals surface area contributed by atoms with Crippen molar-refractivity contribution in [3.63, 3.8) is 0 Å². The number of nitrogens with zero attached hydrogens (tertiary/aromatic N) is 2. The second-order valence-corrected chi connectivity index (χ2v) is 5.06. The Morgan fingerprint density at radius 3 is 2.95 bits per heavy atom. The van der Waals surface area contributed by atoms with Crippen LogP contribution in [0.25, 0.3) is 0 Å². The van der Waals surface area contributed by atoms with Crippen LogP contribution < -0.4 is 0 Å². The van der Waals surface area contributed by atoms with Crippen molar-refractivity contribution in [2.45, 2.75) is 38.3 Å². The van der Waals surface area contributed by atoms with Gasteiger partial charge in [-0.15, -0.1) is 0 Å². The lowest BCUT2D eigenvalue weighted by Crippen LogP contribution is -2.40. The van der Waals surface area contributed by atoms with Gasteiger partial charge in [0.15, 0.2) is 0 Å². The van der Waals surface area contributed by atoms with E-state index in [1.807, 2.05) is 6.07 Å². The molecule has 2 rings (SSSR count). The van der Waals surface area contributed by atoms with Crippen molar-refractivity contribution < 1.29 is 14.3 Å². The van der Waals surface area contributed by atoms with Gasteiger partial charge < -0.3 is 5.11 Å². The Labute approximate surface area is 117 Å². The summed E-state index contributed by atoms with van der Waals surface area (Å²) in [6, 6.07) is 5.91. The molecule has 0 bridgehead atoms. The highest BCUT2D eigenvalue weighted by atomic mass is 19.1. The zero-order chi connectivity index (χ0) is 14.5. The molecule has 0 aromatic heterocycles. The quantitative estimate of drug-likeness (QED) is 0.921. The third kappa shape index (κ3) is 3.14. The first kappa shape index (κ1) is 14.5. The van der Waals surface area contributed by atoms with Crippen LogP contribution in [0.3, 0.4) is 0 Å². The highest BCUT2D eigenvalue weighted by Crippen LogP contribution is 2.21. The van der Waals surface area contributed by atoms with Crippen LogP contribution in [-0.4, -0.2) is 28.6 Å². The van der Waals surface area contributed by atoms with E-state index in [-0.39, 0.29) is 12.1 Å². The minimum absolute atomic E-state index is 0.00389. The minimum atomic E-state index is -0.858. The molecule has 1 unspecified atom stereocenters. The molecule has 0 amide bonds. The molecule has 1 aliphatic heterocycles. The van der Waals surface area contributed by atoms with Gasteiger partial charge in [0.1, 0.15) is 17.9 Å². The Kier molecular flexibility index (Phi) is 4.70. The maximum Gasteiger partial charge on any atom is 0.320 e. The standard InChI is InChI=1S/C15H17FN2O2/c16-14-11(9-17)5-4-6-12(14)10-18-8-3-1-2-7-13(18)15(19)20/h4-6,13H,1-3,7-8,10H2,(H,19,20). The number of aliphatic carboxylic acids is 1. The molecule has 0 aliphatic carbocycles. The van der Waals surface area contributed by atoms with Gasteiger partial charge in [-0.3, -0.25) is 9.69 Å². The number of rotatable bonds is 3. The number of carboxylic acid groups (broad SMARTS) is 1. The number of carbonyl (C=O) groups is 1. The summed E-state index contributed by atoms with van der Waals surface area (Å²) in [7, 11) is 0. The van der Waals surface area contributed by atoms with Gasteiger partial charge in [0, 0.05) is 12.1 Å². The van der Waals surface area contributed by atoms with E-state index >= 15 is 0 Å². The van der Waals surface area contributed by atoms with E-state index in [9.17, 15) is 14.3 Å². The van der Waals surface area contributed by atoms with Crippen LogP contribution in [0.4, 0.5) is 4.39 Å². The fourth-order valence-electron chi connectivity index (χ4n) is 2.64. The SMILES string of the molecule is N#Cc1cccc(CN2CCCCCC2C(=O)O)c1F. The summed E-state index contributed by atoms with van der Waals surface area (Å²) in [6.07, 6.45) is 3.40. The molecule has 0 radical (unpaired) electrons. The summed E-state index contributed by atoms with van der Waals surface area (Å²) in [6.45, 7) is 0.880. The van der Waals surface area contributed by atoms with Gasteiger partial charge in [-0.1, -0.05) is 25.0 Å². The molecule has 1 heterocycles. The fourth-order valence-corrected chi connectivity index (χ4v) is 2.64. The van der Waals surface area contributed by atoms with Crippen LogP contribution in [0, 0.1) is 17.1 Å². The molecule has 1 aromatic carbocycles. The van der Waals surface area contributed by atoms with E-state index in [0.29, 0.717) is 18.5 Å². The molecule has 0 saturated carbocycles. The first-order chi connectivity index (χ1) is 9.63. The molecule has 1 aromatic rings. The average Bonchev–Trinajstić information content (AvgIpc) is 2.66. The lowest BCUT2D eigenvalue weighted by molar-refractivity contribution is -0.143. The molecule has 1 aliphatic rings. The summed E-state index contributed by atoms with van der Waals surface area (Å²) in [5.41, 5.74) is 0.390. The molecule has 4 nitrogen and oxygen atoms in total. The van der Waals surface area contributed by atoms with Crippen molar-refractivity contribution in [1.29, 1.82) is 5.26 Å². The van der Waals surface area contributed by atoms with Crippen molar-refractivity contribution in [1.82, 2.24) is 4.90 Å². The lowest BCUT2D eigenvalue weighted by atomic mass is 10.1. The number of carboxylic acids is 1. The maximum atomic E-state index is 14.1. The number of nitriles is 1. The predicted molar refractivity (Wildman–Crippen MR) is 71.4 cm³/mol. The molecule has 0 spiro atoms. The molecule has 1 atom stereocenters. The average molecular weight is 276 g/mol. The van der Waals surface area contributed by atoms with Gasteiger partial charge in [-0.25, -0.2) is 4.39 Å². The van der Waals surface area contributed by atoms with E-state index in [1.165, 1.54) is 6.07 Å². The third-order valence-corrected chi connectivity index (χ3v) is 3.72. The molecule has 20 heavy (non-hydrogen) atoms. The fraction of sp³-hybridized carbons (Fsp3) is 0.467. The van der Waals surface area contributed by atoms with E-state index in [1.54, 1.807) is 17.0 Å². The first-order valence-electron chi connectivity index (χ1n) is 6.78. The van der Waals surface area contributed by atoms with Crippen LogP contribution in [-0.2, 0) is 11.3 Å². The van der Waals surface area contributed by atoms with E-state index < -0.39 is 17.8 Å². The van der Waals surface area contributed by atoms with Crippen LogP contribution in [0.2, 0.25) is 0 Å². The van der Waals surface area contributed by atoms with Crippen molar-refractivity contribution in [3.8, 4) is 6.07 Å². The molecule has 106 valence electrons. The minimum Gasteiger partial charge on any atom is -0.480 e. The van der Waals surface area contributed by atoms with Crippen molar-refractivity contribution in [2.75, 3.05) is 6.54 Å². The Morgan fingerprint density at radius 1 is 1.45 bits per heavy atom. The summed E-state index contributed by atoms with van der Waals surface area (Å²) in [5.74, 6) is -1.40. The molecule has 1 fully saturated rings. The highest BCUT2D eigenvalue weighted by molar-refractivity contribution is 5.73. The van der Waals surface area contributed by atoms with Crippen LogP contribution in [0.15, 0.2) is 18.2 Å². The Balaban J connectivity index is 2.22. The number of likely N-dealkylation sites (tertiary alicyclic amines) is 1. The Hall–Kier alpha value is -1.93. The monoisotopic (exact) mass is 276 g/mol. The largest absolute Gasteiger partial charge is 0.480 e. The van der Waals surface area contributed by atoms with Gasteiger partial charge in [0.2, 0.25) is 0 Å². The Bertz CT molecular complexity index is 539. The smallest absolute Gasteiger partial charge is 0.320 e. The zero-order valence-electron chi connectivity index (χ0n) is 11.2. The molecule has 1 saturated heterocycles. The van der Waals surface area contributed by atoms with Crippen LogP contribution in [0.5, 0.6) is 0 Å². The zero-order valence-corrected chi connectivity index (χ0v) is 11.2. The second-order valence-electron chi connectivity index (χ2n) is 5.06. The molecule has 1 N–H and O–H groups in total. The summed E-state index contributed by atoms with van der Waals surface area (Å²) < 4.78 is 14.1.